The van der Waals surface area contributed by atoms with Gasteiger partial charge < -0.3 is 10.6 Å². The van der Waals surface area contributed by atoms with Crippen LogP contribution >= 0.6 is 0 Å². The standard InChI is InChI=1S/C13H24N4O/c1-2-9-17(11-13(18)16-8-5-14)10-12-3-6-15-7-4-12/h12,15H,2-4,6-11H2,1H3,(H,16,18). The zero-order chi connectivity index (χ0) is 13.2. The monoisotopic (exact) mass is 252 g/mol. The molecule has 0 aromatic rings. The summed E-state index contributed by atoms with van der Waals surface area (Å²) < 4.78 is 0. The fourth-order valence-electron chi connectivity index (χ4n) is 2.38. The molecule has 0 spiro atoms. The zero-order valence-corrected chi connectivity index (χ0v) is 11.2. The van der Waals surface area contributed by atoms with Crippen LogP contribution in [0.2, 0.25) is 0 Å². The second-order valence-electron chi connectivity index (χ2n) is 4.86. The number of nitrogens with zero attached hydrogens (tertiary/aromatic N) is 2. The van der Waals surface area contributed by atoms with Crippen molar-refractivity contribution in [3.8, 4) is 6.07 Å². The minimum atomic E-state index is -0.0427. The third-order valence-corrected chi connectivity index (χ3v) is 3.25. The SMILES string of the molecule is CCCN(CC(=O)NCC#N)CC1CCNCC1. The van der Waals surface area contributed by atoms with Gasteiger partial charge in [0.1, 0.15) is 6.54 Å². The molecule has 18 heavy (non-hydrogen) atoms. The van der Waals surface area contributed by atoms with Gasteiger partial charge in [0.25, 0.3) is 0 Å². The van der Waals surface area contributed by atoms with Gasteiger partial charge in [-0.25, -0.2) is 0 Å². The highest BCUT2D eigenvalue weighted by molar-refractivity contribution is 5.78. The number of amides is 1. The normalized spacial score (nSPS) is 16.5. The van der Waals surface area contributed by atoms with E-state index in [0.717, 1.165) is 32.6 Å². The highest BCUT2D eigenvalue weighted by atomic mass is 16.2. The molecule has 1 heterocycles. The van der Waals surface area contributed by atoms with Gasteiger partial charge in [0.15, 0.2) is 0 Å². The van der Waals surface area contributed by atoms with Crippen LogP contribution in [0, 0.1) is 17.2 Å². The summed E-state index contributed by atoms with van der Waals surface area (Å²) in [6.45, 7) is 6.77. The number of rotatable bonds is 7. The Kier molecular flexibility index (Phi) is 7.38. The number of hydrogen-bond donors (Lipinski definition) is 2. The molecule has 1 amide bonds. The van der Waals surface area contributed by atoms with E-state index in [0.29, 0.717) is 12.5 Å². The maximum Gasteiger partial charge on any atom is 0.235 e. The fourth-order valence-corrected chi connectivity index (χ4v) is 2.38. The number of piperidine rings is 1. The lowest BCUT2D eigenvalue weighted by atomic mass is 9.97. The third-order valence-electron chi connectivity index (χ3n) is 3.25. The van der Waals surface area contributed by atoms with Crippen molar-refractivity contribution in [2.24, 2.45) is 5.92 Å². The number of carbonyl (C=O) groups excluding carboxylic acids is 1. The van der Waals surface area contributed by atoms with E-state index in [-0.39, 0.29) is 12.5 Å². The van der Waals surface area contributed by atoms with E-state index in [9.17, 15) is 4.79 Å². The topological polar surface area (TPSA) is 68.2 Å². The summed E-state index contributed by atoms with van der Waals surface area (Å²) >= 11 is 0. The molecule has 0 atom stereocenters. The Balaban J connectivity index is 2.33. The molecule has 2 N–H and O–H groups in total. The zero-order valence-electron chi connectivity index (χ0n) is 11.2. The first-order chi connectivity index (χ1) is 8.76. The Morgan fingerprint density at radius 3 is 2.83 bits per heavy atom. The first kappa shape index (κ1) is 14.9. The van der Waals surface area contributed by atoms with Gasteiger partial charge in [-0.05, 0) is 44.8 Å². The summed E-state index contributed by atoms with van der Waals surface area (Å²) in [5, 5.41) is 14.4. The molecule has 0 saturated carbocycles. The van der Waals surface area contributed by atoms with Crippen LogP contribution in [0.1, 0.15) is 26.2 Å². The van der Waals surface area contributed by atoms with Crippen LogP contribution in [0.5, 0.6) is 0 Å². The highest BCUT2D eigenvalue weighted by Crippen LogP contribution is 2.13. The van der Waals surface area contributed by atoms with Gasteiger partial charge in [-0.2, -0.15) is 5.26 Å². The molecule has 102 valence electrons. The van der Waals surface area contributed by atoms with Crippen molar-refractivity contribution < 1.29 is 4.79 Å². The largest absolute Gasteiger partial charge is 0.342 e. The molecule has 0 aromatic carbocycles. The van der Waals surface area contributed by atoms with E-state index < -0.39 is 0 Å². The summed E-state index contributed by atoms with van der Waals surface area (Å²) in [6.07, 6.45) is 3.44. The second kappa shape index (κ2) is 8.90. The van der Waals surface area contributed by atoms with Crippen LogP contribution in [0.3, 0.4) is 0 Å². The molecular weight excluding hydrogens is 228 g/mol. The maximum atomic E-state index is 11.6. The van der Waals surface area contributed by atoms with Gasteiger partial charge in [-0.15, -0.1) is 0 Å². The molecule has 0 aromatic heterocycles. The van der Waals surface area contributed by atoms with Crippen LogP contribution in [0.25, 0.3) is 0 Å². The minimum Gasteiger partial charge on any atom is -0.342 e. The van der Waals surface area contributed by atoms with Gasteiger partial charge in [0, 0.05) is 6.54 Å². The fraction of sp³-hybridized carbons (Fsp3) is 0.846. The number of nitriles is 1. The van der Waals surface area contributed by atoms with E-state index >= 15 is 0 Å². The van der Waals surface area contributed by atoms with Crippen molar-refractivity contribution >= 4 is 5.91 Å². The first-order valence-corrected chi connectivity index (χ1v) is 6.83. The lowest BCUT2D eigenvalue weighted by Gasteiger charge is -2.29. The molecule has 0 unspecified atom stereocenters. The summed E-state index contributed by atoms with van der Waals surface area (Å²) in [5.41, 5.74) is 0. The van der Waals surface area contributed by atoms with Crippen LogP contribution in [-0.2, 0) is 4.79 Å². The van der Waals surface area contributed by atoms with Crippen molar-refractivity contribution in [3.05, 3.63) is 0 Å². The molecule has 0 bridgehead atoms. The quantitative estimate of drug-likeness (QED) is 0.641. The summed E-state index contributed by atoms with van der Waals surface area (Å²) in [7, 11) is 0. The summed E-state index contributed by atoms with van der Waals surface area (Å²) in [5.74, 6) is 0.653. The van der Waals surface area contributed by atoms with Gasteiger partial charge >= 0.3 is 0 Å². The maximum absolute atomic E-state index is 11.6. The van der Waals surface area contributed by atoms with Crippen LogP contribution in [0.4, 0.5) is 0 Å². The smallest absolute Gasteiger partial charge is 0.235 e. The molecular formula is C13H24N4O. The van der Waals surface area contributed by atoms with Crippen molar-refractivity contribution in [2.45, 2.75) is 26.2 Å². The Morgan fingerprint density at radius 2 is 2.22 bits per heavy atom. The van der Waals surface area contributed by atoms with Crippen LogP contribution in [-0.4, -0.2) is 50.1 Å². The van der Waals surface area contributed by atoms with Crippen molar-refractivity contribution in [2.75, 3.05) is 39.3 Å². The predicted molar refractivity (Wildman–Crippen MR) is 70.9 cm³/mol. The Hall–Kier alpha value is -1.12. The Labute approximate surface area is 110 Å². The summed E-state index contributed by atoms with van der Waals surface area (Å²) in [6, 6.07) is 1.93. The van der Waals surface area contributed by atoms with E-state index in [2.05, 4.69) is 22.5 Å². The van der Waals surface area contributed by atoms with Gasteiger partial charge in [-0.3, -0.25) is 9.69 Å². The molecule has 1 aliphatic rings. The molecule has 1 saturated heterocycles. The third kappa shape index (κ3) is 5.99. The van der Waals surface area contributed by atoms with E-state index in [1.165, 1.54) is 12.8 Å². The van der Waals surface area contributed by atoms with Crippen LogP contribution in [0.15, 0.2) is 0 Å². The lowest BCUT2D eigenvalue weighted by Crippen LogP contribution is -2.42. The van der Waals surface area contributed by atoms with Crippen LogP contribution < -0.4 is 10.6 Å². The minimum absolute atomic E-state index is 0.0427. The molecule has 1 rings (SSSR count). The molecule has 0 radical (unpaired) electrons. The molecule has 5 heteroatoms. The molecule has 1 aliphatic heterocycles. The average Bonchev–Trinajstić information content (AvgIpc) is 2.38. The Bertz CT molecular complexity index is 281. The second-order valence-corrected chi connectivity index (χ2v) is 4.86. The van der Waals surface area contributed by atoms with E-state index in [1.807, 2.05) is 6.07 Å². The van der Waals surface area contributed by atoms with Crippen molar-refractivity contribution in [1.82, 2.24) is 15.5 Å². The lowest BCUT2D eigenvalue weighted by molar-refractivity contribution is -0.122. The highest BCUT2D eigenvalue weighted by Gasteiger charge is 2.18. The Morgan fingerprint density at radius 1 is 1.50 bits per heavy atom. The molecule has 5 nitrogen and oxygen atoms in total. The summed E-state index contributed by atoms with van der Waals surface area (Å²) in [4.78, 5) is 13.8. The molecule has 0 aliphatic carbocycles. The van der Waals surface area contributed by atoms with E-state index in [1.54, 1.807) is 0 Å². The van der Waals surface area contributed by atoms with Crippen molar-refractivity contribution in [3.63, 3.8) is 0 Å². The van der Waals surface area contributed by atoms with Crippen molar-refractivity contribution in [1.29, 1.82) is 5.26 Å². The number of nitrogens with one attached hydrogen (secondary N) is 2. The predicted octanol–water partition coefficient (Wildman–Crippen LogP) is 0.338. The van der Waals surface area contributed by atoms with E-state index in [4.69, 9.17) is 5.26 Å². The van der Waals surface area contributed by atoms with Gasteiger partial charge in [-0.1, -0.05) is 6.92 Å². The number of hydrogen-bond acceptors (Lipinski definition) is 4. The van der Waals surface area contributed by atoms with Gasteiger partial charge in [0.2, 0.25) is 5.91 Å². The van der Waals surface area contributed by atoms with Gasteiger partial charge in [0.05, 0.1) is 12.6 Å². The first-order valence-electron chi connectivity index (χ1n) is 6.83. The molecule has 1 fully saturated rings. The number of carbonyl (C=O) groups is 1. The average molecular weight is 252 g/mol.